The maximum atomic E-state index is 12.1. The number of carbonyl (C=O) groups is 1. The molecule has 0 aliphatic heterocycles. The van der Waals surface area contributed by atoms with Crippen LogP contribution in [0.1, 0.15) is 20.8 Å². The van der Waals surface area contributed by atoms with Crippen molar-refractivity contribution in [3.8, 4) is 5.82 Å². The second-order valence-corrected chi connectivity index (χ2v) is 5.36. The molecule has 21 heavy (non-hydrogen) atoms. The number of aryl methyl sites for hydroxylation is 1. The molecule has 0 unspecified atom stereocenters. The van der Waals surface area contributed by atoms with Crippen LogP contribution < -0.4 is 5.32 Å². The number of thiophene rings is 1. The van der Waals surface area contributed by atoms with Crippen LogP contribution in [0, 0.1) is 6.92 Å². The molecule has 1 amide bonds. The molecule has 3 heterocycles. The van der Waals surface area contributed by atoms with Gasteiger partial charge < -0.3 is 5.32 Å². The second-order valence-electron chi connectivity index (χ2n) is 4.44. The summed E-state index contributed by atoms with van der Waals surface area (Å²) >= 11 is 1.44. The third-order valence-corrected chi connectivity index (χ3v) is 4.03. The van der Waals surface area contributed by atoms with Crippen molar-refractivity contribution in [1.29, 1.82) is 0 Å². The number of amides is 1. The summed E-state index contributed by atoms with van der Waals surface area (Å²) in [5.74, 6) is 0.592. The van der Waals surface area contributed by atoms with Crippen LogP contribution in [0.2, 0.25) is 0 Å². The van der Waals surface area contributed by atoms with Gasteiger partial charge in [-0.3, -0.25) is 4.79 Å². The minimum Gasteiger partial charge on any atom is -0.347 e. The Balaban J connectivity index is 1.77. The molecular weight excluding hydrogens is 286 g/mol. The number of nitrogens with one attached hydrogen (secondary N) is 1. The average molecular weight is 299 g/mol. The molecule has 106 valence electrons. The topological polar surface area (TPSA) is 72.7 Å². The molecule has 0 aromatic carbocycles. The van der Waals surface area contributed by atoms with E-state index < -0.39 is 0 Å². The largest absolute Gasteiger partial charge is 0.347 e. The first-order valence-electron chi connectivity index (χ1n) is 6.37. The van der Waals surface area contributed by atoms with Gasteiger partial charge in [-0.25, -0.2) is 14.6 Å². The standard InChI is InChI=1S/C14H13N5OS/c1-10-4-6-21-12(10)14(20)17-7-11-3-2-5-16-13(11)19-9-15-8-18-19/h2-6,8-9H,7H2,1H3,(H,17,20). The Kier molecular flexibility index (Phi) is 3.74. The van der Waals surface area contributed by atoms with Gasteiger partial charge in [0.15, 0.2) is 5.82 Å². The Hall–Kier alpha value is -2.54. The van der Waals surface area contributed by atoms with Crippen LogP contribution in [0.4, 0.5) is 0 Å². The highest BCUT2D eigenvalue weighted by Crippen LogP contribution is 2.16. The van der Waals surface area contributed by atoms with Crippen LogP contribution >= 0.6 is 11.3 Å². The highest BCUT2D eigenvalue weighted by Gasteiger charge is 2.12. The number of hydrogen-bond donors (Lipinski definition) is 1. The molecule has 0 aliphatic rings. The molecule has 0 bridgehead atoms. The Morgan fingerprint density at radius 1 is 1.43 bits per heavy atom. The molecule has 0 atom stereocenters. The van der Waals surface area contributed by atoms with Gasteiger partial charge in [-0.1, -0.05) is 6.07 Å². The van der Waals surface area contributed by atoms with Crippen molar-refractivity contribution in [3.63, 3.8) is 0 Å². The molecule has 0 spiro atoms. The summed E-state index contributed by atoms with van der Waals surface area (Å²) in [6, 6.07) is 5.67. The number of carbonyl (C=O) groups excluding carboxylic acids is 1. The predicted octanol–water partition coefficient (Wildman–Crippen LogP) is 1.96. The minimum absolute atomic E-state index is 0.0732. The van der Waals surface area contributed by atoms with E-state index in [1.807, 2.05) is 30.5 Å². The van der Waals surface area contributed by atoms with E-state index in [1.54, 1.807) is 17.2 Å². The summed E-state index contributed by atoms with van der Waals surface area (Å²) < 4.78 is 1.58. The zero-order valence-electron chi connectivity index (χ0n) is 11.4. The first kappa shape index (κ1) is 13.4. The van der Waals surface area contributed by atoms with Crippen LogP contribution in [0.3, 0.4) is 0 Å². The smallest absolute Gasteiger partial charge is 0.261 e. The molecule has 0 radical (unpaired) electrons. The molecule has 1 N–H and O–H groups in total. The van der Waals surface area contributed by atoms with Crippen LogP contribution in [0.5, 0.6) is 0 Å². The maximum absolute atomic E-state index is 12.1. The SMILES string of the molecule is Cc1ccsc1C(=O)NCc1cccnc1-n1cncn1. The van der Waals surface area contributed by atoms with Crippen LogP contribution in [-0.2, 0) is 6.54 Å². The van der Waals surface area contributed by atoms with E-state index in [1.165, 1.54) is 17.7 Å². The van der Waals surface area contributed by atoms with Gasteiger partial charge in [-0.2, -0.15) is 5.10 Å². The van der Waals surface area contributed by atoms with E-state index in [4.69, 9.17) is 0 Å². The van der Waals surface area contributed by atoms with Crippen molar-refractivity contribution in [3.05, 3.63) is 58.4 Å². The zero-order chi connectivity index (χ0) is 14.7. The highest BCUT2D eigenvalue weighted by atomic mass is 32.1. The van der Waals surface area contributed by atoms with Crippen molar-refractivity contribution in [2.75, 3.05) is 0 Å². The van der Waals surface area contributed by atoms with Gasteiger partial charge in [0.25, 0.3) is 5.91 Å². The quantitative estimate of drug-likeness (QED) is 0.799. The van der Waals surface area contributed by atoms with Gasteiger partial charge in [0.2, 0.25) is 0 Å². The van der Waals surface area contributed by atoms with Crippen molar-refractivity contribution in [1.82, 2.24) is 25.1 Å². The fraction of sp³-hybridized carbons (Fsp3) is 0.143. The summed E-state index contributed by atoms with van der Waals surface area (Å²) in [5, 5.41) is 8.90. The fourth-order valence-electron chi connectivity index (χ4n) is 1.95. The minimum atomic E-state index is -0.0732. The Bertz CT molecular complexity index is 750. The highest BCUT2D eigenvalue weighted by molar-refractivity contribution is 7.12. The van der Waals surface area contributed by atoms with Gasteiger partial charge in [-0.05, 0) is 30.0 Å². The van der Waals surface area contributed by atoms with Crippen LogP contribution in [-0.4, -0.2) is 25.7 Å². The van der Waals surface area contributed by atoms with Crippen molar-refractivity contribution in [2.45, 2.75) is 13.5 Å². The molecular formula is C14H13N5OS. The fourth-order valence-corrected chi connectivity index (χ4v) is 2.79. The Labute approximate surface area is 125 Å². The predicted molar refractivity (Wildman–Crippen MR) is 79.4 cm³/mol. The molecule has 3 rings (SSSR count). The number of nitrogens with zero attached hydrogens (tertiary/aromatic N) is 4. The second kappa shape index (κ2) is 5.84. The van der Waals surface area contributed by atoms with E-state index in [2.05, 4.69) is 20.4 Å². The van der Waals surface area contributed by atoms with E-state index in [9.17, 15) is 4.79 Å². The van der Waals surface area contributed by atoms with E-state index in [0.717, 1.165) is 16.0 Å². The molecule has 6 nitrogen and oxygen atoms in total. The number of aromatic nitrogens is 4. The van der Waals surface area contributed by atoms with Gasteiger partial charge >= 0.3 is 0 Å². The van der Waals surface area contributed by atoms with E-state index in [-0.39, 0.29) is 5.91 Å². The Morgan fingerprint density at radius 3 is 3.05 bits per heavy atom. The molecule has 0 saturated carbocycles. The molecule has 7 heteroatoms. The van der Waals surface area contributed by atoms with Crippen molar-refractivity contribution in [2.24, 2.45) is 0 Å². The summed E-state index contributed by atoms with van der Waals surface area (Å²) in [4.78, 5) is 21.1. The molecule has 3 aromatic heterocycles. The first-order chi connectivity index (χ1) is 10.3. The lowest BCUT2D eigenvalue weighted by atomic mass is 10.2. The number of rotatable bonds is 4. The van der Waals surface area contributed by atoms with Crippen LogP contribution in [0.25, 0.3) is 5.82 Å². The number of hydrogen-bond acceptors (Lipinski definition) is 5. The lowest BCUT2D eigenvalue weighted by Gasteiger charge is -2.09. The average Bonchev–Trinajstić information content (AvgIpc) is 3.16. The number of pyridine rings is 1. The summed E-state index contributed by atoms with van der Waals surface area (Å²) in [5.41, 5.74) is 1.87. The van der Waals surface area contributed by atoms with Gasteiger partial charge in [-0.15, -0.1) is 11.3 Å². The maximum Gasteiger partial charge on any atom is 0.261 e. The molecule has 0 saturated heterocycles. The summed E-state index contributed by atoms with van der Waals surface area (Å²) in [6.07, 6.45) is 4.72. The molecule has 0 aliphatic carbocycles. The van der Waals surface area contributed by atoms with Gasteiger partial charge in [0.1, 0.15) is 12.7 Å². The van der Waals surface area contributed by atoms with E-state index in [0.29, 0.717) is 12.4 Å². The molecule has 0 fully saturated rings. The van der Waals surface area contributed by atoms with Gasteiger partial charge in [0, 0.05) is 18.3 Å². The monoisotopic (exact) mass is 299 g/mol. The first-order valence-corrected chi connectivity index (χ1v) is 7.25. The van der Waals surface area contributed by atoms with Crippen molar-refractivity contribution >= 4 is 17.2 Å². The Morgan fingerprint density at radius 2 is 2.33 bits per heavy atom. The summed E-state index contributed by atoms with van der Waals surface area (Å²) in [6.45, 7) is 2.32. The lowest BCUT2D eigenvalue weighted by molar-refractivity contribution is 0.0954. The normalized spacial score (nSPS) is 10.5. The summed E-state index contributed by atoms with van der Waals surface area (Å²) in [7, 11) is 0. The van der Waals surface area contributed by atoms with Crippen molar-refractivity contribution < 1.29 is 4.79 Å². The van der Waals surface area contributed by atoms with Crippen LogP contribution in [0.15, 0.2) is 42.4 Å². The third-order valence-electron chi connectivity index (χ3n) is 3.01. The lowest BCUT2D eigenvalue weighted by Crippen LogP contribution is -2.23. The zero-order valence-corrected chi connectivity index (χ0v) is 12.2. The van der Waals surface area contributed by atoms with E-state index >= 15 is 0 Å². The van der Waals surface area contributed by atoms with Gasteiger partial charge in [0.05, 0.1) is 4.88 Å². The molecule has 3 aromatic rings. The third kappa shape index (κ3) is 2.82.